The number of para-hydroxylation sites is 1. The molecule has 4 amide bonds. The second kappa shape index (κ2) is 20.0. The number of terminal acetylenes is 1. The van der Waals surface area contributed by atoms with Gasteiger partial charge in [0.15, 0.2) is 5.65 Å². The molecule has 4 atom stereocenters. The van der Waals surface area contributed by atoms with Gasteiger partial charge in [-0.05, 0) is 91.6 Å². The number of aliphatic hydroxyl groups excluding tert-OH is 2. The van der Waals surface area contributed by atoms with Crippen molar-refractivity contribution in [3.8, 4) is 29.4 Å². The minimum Gasteiger partial charge on any atom is -0.507 e. The van der Waals surface area contributed by atoms with Crippen LogP contribution in [0.5, 0.6) is 5.75 Å². The number of anilines is 1. The van der Waals surface area contributed by atoms with Gasteiger partial charge in [0.25, 0.3) is 0 Å². The predicted molar refractivity (Wildman–Crippen MR) is 261 cm³/mol. The number of hydrogen-bond donors (Lipinski definition) is 6. The number of phenols is 1. The van der Waals surface area contributed by atoms with Crippen LogP contribution >= 0.6 is 11.6 Å². The van der Waals surface area contributed by atoms with Gasteiger partial charge in [0.2, 0.25) is 17.8 Å². The highest BCUT2D eigenvalue weighted by atomic mass is 35.5. The largest absolute Gasteiger partial charge is 0.507 e. The molecule has 69 heavy (non-hydrogen) atoms. The molecule has 7 heterocycles. The average Bonchev–Trinajstić information content (AvgIpc) is 3.94. The van der Waals surface area contributed by atoms with Crippen molar-refractivity contribution < 1.29 is 29.7 Å². The number of aromatic nitrogens is 5. The molecule has 3 fully saturated rings. The highest BCUT2D eigenvalue weighted by Crippen LogP contribution is 2.39. The van der Waals surface area contributed by atoms with Gasteiger partial charge in [-0.15, -0.1) is 16.6 Å². The third kappa shape index (κ3) is 9.94. The van der Waals surface area contributed by atoms with Gasteiger partial charge in [0.1, 0.15) is 17.8 Å². The van der Waals surface area contributed by atoms with Gasteiger partial charge in [-0.2, -0.15) is 0 Å². The molecule has 362 valence electrons. The number of amides is 4. The maximum absolute atomic E-state index is 14.2. The van der Waals surface area contributed by atoms with Crippen LogP contribution in [0.4, 0.5) is 10.7 Å². The number of rotatable bonds is 10. The first-order valence-corrected chi connectivity index (χ1v) is 24.2. The minimum atomic E-state index is -0.935. The predicted octanol–water partition coefficient (Wildman–Crippen LogP) is 4.90. The summed E-state index contributed by atoms with van der Waals surface area (Å²) in [5.74, 6) is 2.69. The van der Waals surface area contributed by atoms with E-state index in [2.05, 4.69) is 36.6 Å². The Labute approximate surface area is 406 Å². The Morgan fingerprint density at radius 1 is 0.986 bits per heavy atom. The first-order valence-electron chi connectivity index (χ1n) is 23.9. The van der Waals surface area contributed by atoms with Crippen LogP contribution < -0.4 is 15.5 Å². The molecule has 3 aromatic heterocycles. The van der Waals surface area contributed by atoms with Crippen molar-refractivity contribution in [2.75, 3.05) is 50.8 Å². The van der Waals surface area contributed by atoms with E-state index >= 15 is 0 Å². The Morgan fingerprint density at radius 2 is 1.72 bits per heavy atom. The van der Waals surface area contributed by atoms with Gasteiger partial charge in [0, 0.05) is 96.8 Å². The summed E-state index contributed by atoms with van der Waals surface area (Å²) in [5.41, 5.74) is 5.38. The molecular weight excluding hydrogens is 898 g/mol. The normalized spacial score (nSPS) is 20.9. The number of β-amino-alcohol motifs (C(OH)–C–C–N with tert-alkyl or cyclic N) is 1. The van der Waals surface area contributed by atoms with E-state index in [-0.39, 0.29) is 37.9 Å². The Balaban J connectivity index is 0.768. The number of urea groups is 1. The number of aromatic amines is 1. The summed E-state index contributed by atoms with van der Waals surface area (Å²) in [6.07, 6.45) is 12.7. The number of aliphatic hydroxyl groups is 2. The Kier molecular flexibility index (Phi) is 13.8. The molecule has 0 unspecified atom stereocenters. The molecule has 0 saturated carbocycles. The van der Waals surface area contributed by atoms with E-state index < -0.39 is 41.5 Å². The lowest BCUT2D eigenvalue weighted by molar-refractivity contribution is -0.142. The molecule has 2 aromatic carbocycles. The third-order valence-electron chi connectivity index (χ3n) is 14.4. The average molecular weight is 959 g/mol. The van der Waals surface area contributed by atoms with Gasteiger partial charge in [0.05, 0.1) is 24.4 Å². The smallest absolute Gasteiger partial charge is 0.318 e. The van der Waals surface area contributed by atoms with Crippen molar-refractivity contribution in [2.45, 2.75) is 102 Å². The van der Waals surface area contributed by atoms with E-state index in [1.54, 1.807) is 41.3 Å². The summed E-state index contributed by atoms with van der Waals surface area (Å²) in [5, 5.41) is 47.8. The van der Waals surface area contributed by atoms with Gasteiger partial charge in [-0.1, -0.05) is 56.5 Å². The van der Waals surface area contributed by atoms with Crippen LogP contribution in [0.1, 0.15) is 92.8 Å². The van der Waals surface area contributed by atoms with Crippen molar-refractivity contribution >= 4 is 46.4 Å². The molecular formula is C51H60ClN11O6. The molecule has 9 rings (SSSR count). The van der Waals surface area contributed by atoms with Crippen molar-refractivity contribution in [3.05, 3.63) is 93.9 Å². The molecule has 0 bridgehead atoms. The summed E-state index contributed by atoms with van der Waals surface area (Å²) in [6, 6.07) is 11.8. The number of benzene rings is 2. The second-order valence-corrected chi connectivity index (χ2v) is 20.2. The topological polar surface area (TPSA) is 216 Å². The molecule has 18 heteroatoms. The fourth-order valence-corrected chi connectivity index (χ4v) is 10.8. The Hall–Kier alpha value is -6.32. The van der Waals surface area contributed by atoms with E-state index in [4.69, 9.17) is 28.0 Å². The van der Waals surface area contributed by atoms with E-state index in [1.807, 2.05) is 50.2 Å². The lowest BCUT2D eigenvalue weighted by atomic mass is 9.85. The van der Waals surface area contributed by atoms with Gasteiger partial charge >= 0.3 is 6.03 Å². The van der Waals surface area contributed by atoms with Gasteiger partial charge in [-0.25, -0.2) is 14.8 Å². The van der Waals surface area contributed by atoms with Crippen LogP contribution in [0, 0.1) is 17.8 Å². The first-order chi connectivity index (χ1) is 33.2. The number of carbonyl (C=O) groups excluding carboxylic acids is 3. The standard InChI is InChI=1S/C51H60ClN11O6/c1-5-30-10-11-32(38(52)22-30)25-53-47(67)41-23-35(65)28-63(41)48(68)45(51(2,3)4)57-50(69)61-19-14-34(15-20-61)60-17-12-31(13-18-60)33-26-54-49(55-27-33)62-21-16-39-44(42(62)29-64)37-24-40(58-59-46(37)56-39)36-8-6-7-9-43(36)66/h1,6-11,22,24,26-27,31,34-35,41-42,45,64-66H,12-21,23,25,28-29H2,2-4H3,(H,53,67)(H,56,59)(H,57,69)/t35-,41+,42-,45-/m1/s1. The number of nitrogens with zero attached hydrogens (tertiary/aromatic N) is 8. The number of phenolic OH excluding ortho intramolecular Hbond substituents is 1. The SMILES string of the molecule is C#Cc1ccc(CNC(=O)[C@@H]2C[C@@H](O)CN2C(=O)[C@@H](NC(=O)N2CCC(N3CCC(c4cnc(N5CCc6[nH]c7nnc(-c8ccccc8O)cc7c6[C@H]5CO)nc4)CC3)CC2)C(C)(C)C)c(Cl)c1. The second-order valence-electron chi connectivity index (χ2n) is 19.8. The molecule has 17 nitrogen and oxygen atoms in total. The van der Waals surface area contributed by atoms with Crippen LogP contribution in [-0.4, -0.2) is 143 Å². The highest BCUT2D eigenvalue weighted by molar-refractivity contribution is 6.31. The zero-order valence-electron chi connectivity index (χ0n) is 39.2. The molecule has 6 N–H and O–H groups in total. The van der Waals surface area contributed by atoms with E-state index in [0.717, 1.165) is 61.0 Å². The third-order valence-corrected chi connectivity index (χ3v) is 14.8. The first kappa shape index (κ1) is 47.7. The van der Waals surface area contributed by atoms with Crippen molar-refractivity contribution in [1.82, 2.24) is 50.5 Å². The minimum absolute atomic E-state index is 0.0179. The summed E-state index contributed by atoms with van der Waals surface area (Å²) < 4.78 is 0. The molecule has 4 aliphatic heterocycles. The highest BCUT2D eigenvalue weighted by Gasteiger charge is 2.45. The number of hydrogen-bond acceptors (Lipinski definition) is 12. The lowest BCUT2D eigenvalue weighted by Gasteiger charge is -2.42. The fourth-order valence-electron chi connectivity index (χ4n) is 10.6. The summed E-state index contributed by atoms with van der Waals surface area (Å²) >= 11 is 6.38. The monoisotopic (exact) mass is 957 g/mol. The summed E-state index contributed by atoms with van der Waals surface area (Å²) in [4.78, 5) is 62.4. The van der Waals surface area contributed by atoms with Crippen LogP contribution in [0.3, 0.4) is 0 Å². The number of likely N-dealkylation sites (tertiary alicyclic amines) is 3. The Bertz CT molecular complexity index is 2740. The lowest BCUT2D eigenvalue weighted by Crippen LogP contribution is -2.60. The fraction of sp³-hybridized carbons (Fsp3) is 0.471. The van der Waals surface area contributed by atoms with E-state index in [0.29, 0.717) is 77.0 Å². The van der Waals surface area contributed by atoms with Gasteiger partial charge < -0.3 is 50.5 Å². The molecule has 0 radical (unpaired) electrons. The molecule has 4 aliphatic rings. The number of fused-ring (bicyclic) bond motifs is 3. The molecule has 5 aromatic rings. The number of H-pyrrole nitrogens is 1. The molecule has 3 saturated heterocycles. The maximum atomic E-state index is 14.2. The molecule has 0 aliphatic carbocycles. The van der Waals surface area contributed by atoms with Crippen molar-refractivity contribution in [3.63, 3.8) is 0 Å². The van der Waals surface area contributed by atoms with Crippen LogP contribution in [0.25, 0.3) is 22.3 Å². The number of piperidine rings is 2. The van der Waals surface area contributed by atoms with E-state index in [1.165, 1.54) is 4.90 Å². The quantitative estimate of drug-likeness (QED) is 0.103. The van der Waals surface area contributed by atoms with Gasteiger partial charge in [-0.3, -0.25) is 9.59 Å². The summed E-state index contributed by atoms with van der Waals surface area (Å²) in [6.45, 7) is 9.14. The van der Waals surface area contributed by atoms with Crippen LogP contribution in [-0.2, 0) is 22.6 Å². The Morgan fingerprint density at radius 3 is 2.41 bits per heavy atom. The molecule has 0 spiro atoms. The number of carbonyl (C=O) groups is 3. The van der Waals surface area contributed by atoms with Crippen molar-refractivity contribution in [1.29, 1.82) is 0 Å². The van der Waals surface area contributed by atoms with E-state index in [9.17, 15) is 29.7 Å². The number of halogens is 1. The number of aromatic hydroxyl groups is 1. The van der Waals surface area contributed by atoms with Crippen LogP contribution in [0.2, 0.25) is 5.02 Å². The van der Waals surface area contributed by atoms with Crippen LogP contribution in [0.15, 0.2) is 60.9 Å². The van der Waals surface area contributed by atoms with Crippen molar-refractivity contribution in [2.24, 2.45) is 5.41 Å². The maximum Gasteiger partial charge on any atom is 0.318 e. The number of nitrogens with one attached hydrogen (secondary N) is 3. The zero-order valence-corrected chi connectivity index (χ0v) is 40.0. The zero-order chi connectivity index (χ0) is 48.6. The summed E-state index contributed by atoms with van der Waals surface area (Å²) in [7, 11) is 0.